The molecule has 0 aliphatic heterocycles. The van der Waals surface area contributed by atoms with Gasteiger partial charge in [-0.15, -0.1) is 0 Å². The molecule has 2 rings (SSSR count). The highest BCUT2D eigenvalue weighted by Gasteiger charge is 1.98. The van der Waals surface area contributed by atoms with E-state index in [0.717, 1.165) is 10.2 Å². The molecule has 88 valence electrons. The number of methoxy groups -OCH3 is 1. The van der Waals surface area contributed by atoms with Crippen molar-refractivity contribution in [3.8, 4) is 16.9 Å². The number of halogens is 1. The molecule has 0 amide bonds. The number of benzene rings is 2. The predicted octanol–water partition coefficient (Wildman–Crippen LogP) is 4.10. The average Bonchev–Trinajstić information content (AvgIpc) is 2.38. The van der Waals surface area contributed by atoms with Gasteiger partial charge in [-0.3, -0.25) is 0 Å². The maximum absolute atomic E-state index is 5.34. The van der Waals surface area contributed by atoms with Crippen LogP contribution in [0.5, 0.6) is 5.75 Å². The van der Waals surface area contributed by atoms with E-state index in [1.807, 2.05) is 36.4 Å². The summed E-state index contributed by atoms with van der Waals surface area (Å²) in [6.45, 7) is 0.275. The zero-order chi connectivity index (χ0) is 12.1. The Morgan fingerprint density at radius 1 is 0.882 bits per heavy atom. The highest BCUT2D eigenvalue weighted by atomic mass is 79.9. The standard InChI is InChI=1S/C14H13BrO2/c1-16-10-17-14-8-4-12(5-9-14)11-2-6-13(15)7-3-11/h2-9H,10H2,1H3. The van der Waals surface area contributed by atoms with Crippen molar-refractivity contribution in [3.63, 3.8) is 0 Å². The molecule has 2 nitrogen and oxygen atoms in total. The van der Waals surface area contributed by atoms with E-state index in [9.17, 15) is 0 Å². The Labute approximate surface area is 109 Å². The van der Waals surface area contributed by atoms with Crippen LogP contribution >= 0.6 is 15.9 Å². The fourth-order valence-electron chi connectivity index (χ4n) is 1.51. The molecular formula is C14H13BrO2. The molecule has 0 aliphatic rings. The minimum atomic E-state index is 0.275. The van der Waals surface area contributed by atoms with Crippen molar-refractivity contribution in [2.24, 2.45) is 0 Å². The van der Waals surface area contributed by atoms with Gasteiger partial charge in [0, 0.05) is 11.6 Å². The van der Waals surface area contributed by atoms with Gasteiger partial charge in [0.05, 0.1) is 0 Å². The molecule has 3 heteroatoms. The number of hydrogen-bond donors (Lipinski definition) is 0. The lowest BCUT2D eigenvalue weighted by Crippen LogP contribution is -1.98. The van der Waals surface area contributed by atoms with Crippen LogP contribution in [-0.4, -0.2) is 13.9 Å². The van der Waals surface area contributed by atoms with Crippen molar-refractivity contribution >= 4 is 15.9 Å². The van der Waals surface area contributed by atoms with E-state index in [0.29, 0.717) is 0 Å². The Bertz CT molecular complexity index is 463. The predicted molar refractivity (Wildman–Crippen MR) is 72.1 cm³/mol. The summed E-state index contributed by atoms with van der Waals surface area (Å²) in [6.07, 6.45) is 0. The fourth-order valence-corrected chi connectivity index (χ4v) is 1.78. The third-order valence-corrected chi connectivity index (χ3v) is 2.90. The van der Waals surface area contributed by atoms with Crippen molar-refractivity contribution < 1.29 is 9.47 Å². The molecule has 0 bridgehead atoms. The van der Waals surface area contributed by atoms with Crippen LogP contribution in [0.25, 0.3) is 11.1 Å². The van der Waals surface area contributed by atoms with Crippen molar-refractivity contribution in [2.45, 2.75) is 0 Å². The lowest BCUT2D eigenvalue weighted by atomic mass is 10.1. The summed E-state index contributed by atoms with van der Waals surface area (Å²) in [5, 5.41) is 0. The van der Waals surface area contributed by atoms with Crippen molar-refractivity contribution in [3.05, 3.63) is 53.0 Å². The van der Waals surface area contributed by atoms with E-state index < -0.39 is 0 Å². The first-order valence-electron chi connectivity index (χ1n) is 5.27. The molecule has 0 atom stereocenters. The first-order chi connectivity index (χ1) is 8.29. The van der Waals surface area contributed by atoms with Gasteiger partial charge in [0.2, 0.25) is 0 Å². The second kappa shape index (κ2) is 5.84. The second-order valence-corrected chi connectivity index (χ2v) is 4.50. The zero-order valence-corrected chi connectivity index (χ0v) is 11.1. The Kier molecular flexibility index (Phi) is 4.18. The minimum absolute atomic E-state index is 0.275. The van der Waals surface area contributed by atoms with Crippen molar-refractivity contribution in [1.82, 2.24) is 0 Å². The zero-order valence-electron chi connectivity index (χ0n) is 9.52. The van der Waals surface area contributed by atoms with Crippen LogP contribution < -0.4 is 4.74 Å². The summed E-state index contributed by atoms with van der Waals surface area (Å²) < 4.78 is 11.3. The molecule has 0 aromatic heterocycles. The van der Waals surface area contributed by atoms with Crippen molar-refractivity contribution in [2.75, 3.05) is 13.9 Å². The Morgan fingerprint density at radius 3 is 1.94 bits per heavy atom. The van der Waals surface area contributed by atoms with Crippen LogP contribution in [0.15, 0.2) is 53.0 Å². The van der Waals surface area contributed by atoms with Gasteiger partial charge < -0.3 is 9.47 Å². The summed E-state index contributed by atoms with van der Waals surface area (Å²) >= 11 is 3.42. The largest absolute Gasteiger partial charge is 0.468 e. The quantitative estimate of drug-likeness (QED) is 0.790. The smallest absolute Gasteiger partial charge is 0.188 e. The molecule has 0 N–H and O–H groups in total. The van der Waals surface area contributed by atoms with E-state index in [2.05, 4.69) is 28.1 Å². The summed E-state index contributed by atoms with van der Waals surface area (Å²) in [5.41, 5.74) is 2.36. The maximum atomic E-state index is 5.34. The van der Waals surface area contributed by atoms with Crippen LogP contribution in [0.1, 0.15) is 0 Å². The van der Waals surface area contributed by atoms with Crippen LogP contribution in [0.3, 0.4) is 0 Å². The van der Waals surface area contributed by atoms with E-state index >= 15 is 0 Å². The summed E-state index contributed by atoms with van der Waals surface area (Å²) in [4.78, 5) is 0. The lowest BCUT2D eigenvalue weighted by Gasteiger charge is -2.06. The Morgan fingerprint density at radius 2 is 1.41 bits per heavy atom. The molecule has 0 heterocycles. The Balaban J connectivity index is 2.14. The van der Waals surface area contributed by atoms with Crippen LogP contribution in [0, 0.1) is 0 Å². The van der Waals surface area contributed by atoms with Crippen LogP contribution in [-0.2, 0) is 4.74 Å². The fraction of sp³-hybridized carbons (Fsp3) is 0.143. The molecule has 2 aromatic carbocycles. The SMILES string of the molecule is COCOc1ccc(-c2ccc(Br)cc2)cc1. The lowest BCUT2D eigenvalue weighted by molar-refractivity contribution is 0.0511. The van der Waals surface area contributed by atoms with Crippen LogP contribution in [0.2, 0.25) is 0 Å². The average molecular weight is 293 g/mol. The minimum Gasteiger partial charge on any atom is -0.468 e. The van der Waals surface area contributed by atoms with Gasteiger partial charge in [0.15, 0.2) is 6.79 Å². The molecule has 0 unspecified atom stereocenters. The molecule has 17 heavy (non-hydrogen) atoms. The molecule has 0 aliphatic carbocycles. The first-order valence-corrected chi connectivity index (χ1v) is 6.06. The molecule has 0 spiro atoms. The molecule has 2 aromatic rings. The highest BCUT2D eigenvalue weighted by molar-refractivity contribution is 9.10. The monoisotopic (exact) mass is 292 g/mol. The molecule has 0 saturated carbocycles. The first kappa shape index (κ1) is 12.1. The summed E-state index contributed by atoms with van der Waals surface area (Å²) in [6, 6.07) is 16.2. The third kappa shape index (κ3) is 3.32. The van der Waals surface area contributed by atoms with E-state index in [-0.39, 0.29) is 6.79 Å². The normalized spacial score (nSPS) is 10.2. The van der Waals surface area contributed by atoms with E-state index in [1.54, 1.807) is 7.11 Å². The van der Waals surface area contributed by atoms with Gasteiger partial charge in [-0.1, -0.05) is 40.2 Å². The Hall–Kier alpha value is -1.32. The number of ether oxygens (including phenoxy) is 2. The van der Waals surface area contributed by atoms with E-state index in [1.165, 1.54) is 11.1 Å². The molecule has 0 radical (unpaired) electrons. The van der Waals surface area contributed by atoms with Gasteiger partial charge in [0.25, 0.3) is 0 Å². The molecular weight excluding hydrogens is 280 g/mol. The topological polar surface area (TPSA) is 18.5 Å². The second-order valence-electron chi connectivity index (χ2n) is 3.58. The summed E-state index contributed by atoms with van der Waals surface area (Å²) in [7, 11) is 1.61. The maximum Gasteiger partial charge on any atom is 0.188 e. The molecule has 0 fully saturated rings. The van der Waals surface area contributed by atoms with Gasteiger partial charge in [-0.2, -0.15) is 0 Å². The number of hydrogen-bond acceptors (Lipinski definition) is 2. The van der Waals surface area contributed by atoms with E-state index in [4.69, 9.17) is 9.47 Å². The highest BCUT2D eigenvalue weighted by Crippen LogP contribution is 2.23. The summed E-state index contributed by atoms with van der Waals surface area (Å²) in [5.74, 6) is 0.813. The van der Waals surface area contributed by atoms with Crippen LogP contribution in [0.4, 0.5) is 0 Å². The van der Waals surface area contributed by atoms with Gasteiger partial charge in [0.1, 0.15) is 5.75 Å². The molecule has 0 saturated heterocycles. The van der Waals surface area contributed by atoms with Crippen molar-refractivity contribution in [1.29, 1.82) is 0 Å². The van der Waals surface area contributed by atoms with Gasteiger partial charge in [-0.05, 0) is 35.4 Å². The number of rotatable bonds is 4. The third-order valence-electron chi connectivity index (χ3n) is 2.38. The van der Waals surface area contributed by atoms with Gasteiger partial charge >= 0.3 is 0 Å². The van der Waals surface area contributed by atoms with Gasteiger partial charge in [-0.25, -0.2) is 0 Å².